The molecule has 1 amide bonds. The third-order valence-corrected chi connectivity index (χ3v) is 4.28. The molecule has 0 saturated carbocycles. The van der Waals surface area contributed by atoms with Crippen LogP contribution in [0, 0.1) is 0 Å². The summed E-state index contributed by atoms with van der Waals surface area (Å²) in [5, 5.41) is 6.70. The fourth-order valence-corrected chi connectivity index (χ4v) is 2.89. The maximum atomic E-state index is 12.7. The Balaban J connectivity index is 1.71. The van der Waals surface area contributed by atoms with E-state index >= 15 is 0 Å². The first kappa shape index (κ1) is 19.2. The van der Waals surface area contributed by atoms with Crippen LogP contribution in [0.1, 0.15) is 27.8 Å². The second-order valence-electron chi connectivity index (χ2n) is 6.23. The van der Waals surface area contributed by atoms with E-state index in [1.54, 1.807) is 49.4 Å². The standard InChI is InChI=1S/C21H17N3O6/c1-2-28-21(27)19-15(11-18(25)24(23-19)14-6-4-3-5-7-14)22-20(26)13-8-9-16-17(10-13)30-12-29-16/h3-11H,2,12H2,1H3,(H,22,26). The molecule has 0 radical (unpaired) electrons. The number of nitrogens with zero attached hydrogens (tertiary/aromatic N) is 2. The highest BCUT2D eigenvalue weighted by Gasteiger charge is 2.22. The fourth-order valence-electron chi connectivity index (χ4n) is 2.89. The molecule has 0 spiro atoms. The van der Waals surface area contributed by atoms with Crippen molar-refractivity contribution in [3.63, 3.8) is 0 Å². The van der Waals surface area contributed by atoms with E-state index in [0.717, 1.165) is 10.7 Å². The molecule has 0 saturated heterocycles. The second kappa shape index (κ2) is 8.08. The Morgan fingerprint density at radius 2 is 1.87 bits per heavy atom. The molecule has 0 unspecified atom stereocenters. The second-order valence-corrected chi connectivity index (χ2v) is 6.23. The molecule has 1 aromatic heterocycles. The average molecular weight is 407 g/mol. The molecular weight excluding hydrogens is 390 g/mol. The monoisotopic (exact) mass is 407 g/mol. The molecule has 4 rings (SSSR count). The fraction of sp³-hybridized carbons (Fsp3) is 0.143. The summed E-state index contributed by atoms with van der Waals surface area (Å²) in [6.07, 6.45) is 0. The number of rotatable bonds is 5. The third-order valence-electron chi connectivity index (χ3n) is 4.28. The van der Waals surface area contributed by atoms with Crippen LogP contribution in [0.5, 0.6) is 11.5 Å². The number of aromatic nitrogens is 2. The van der Waals surface area contributed by atoms with E-state index in [-0.39, 0.29) is 30.3 Å². The predicted octanol–water partition coefficient (Wildman–Crippen LogP) is 2.39. The summed E-state index contributed by atoms with van der Waals surface area (Å²) in [7, 11) is 0. The summed E-state index contributed by atoms with van der Waals surface area (Å²) in [6.45, 7) is 1.84. The number of benzene rings is 2. The molecule has 30 heavy (non-hydrogen) atoms. The van der Waals surface area contributed by atoms with Crippen molar-refractivity contribution >= 4 is 17.6 Å². The van der Waals surface area contributed by atoms with Crippen LogP contribution in [0.25, 0.3) is 5.69 Å². The number of hydrogen-bond donors (Lipinski definition) is 1. The zero-order valence-corrected chi connectivity index (χ0v) is 16.0. The van der Waals surface area contributed by atoms with Crippen LogP contribution >= 0.6 is 0 Å². The number of amides is 1. The number of para-hydroxylation sites is 1. The van der Waals surface area contributed by atoms with E-state index in [1.807, 2.05) is 0 Å². The minimum Gasteiger partial charge on any atom is -0.461 e. The summed E-state index contributed by atoms with van der Waals surface area (Å²) in [5.74, 6) is -0.336. The van der Waals surface area contributed by atoms with Gasteiger partial charge >= 0.3 is 5.97 Å². The minimum atomic E-state index is -0.761. The van der Waals surface area contributed by atoms with Crippen LogP contribution in [0.4, 0.5) is 5.69 Å². The Bertz CT molecular complexity index is 1170. The lowest BCUT2D eigenvalue weighted by molar-refractivity contribution is 0.0518. The van der Waals surface area contributed by atoms with Crippen LogP contribution < -0.4 is 20.3 Å². The molecule has 9 nitrogen and oxygen atoms in total. The van der Waals surface area contributed by atoms with E-state index in [0.29, 0.717) is 17.2 Å². The number of carbonyl (C=O) groups excluding carboxylic acids is 2. The number of nitrogens with one attached hydrogen (secondary N) is 1. The van der Waals surface area contributed by atoms with Crippen molar-refractivity contribution in [2.75, 3.05) is 18.7 Å². The topological polar surface area (TPSA) is 109 Å². The largest absolute Gasteiger partial charge is 0.461 e. The van der Waals surface area contributed by atoms with Gasteiger partial charge in [0.05, 0.1) is 18.0 Å². The molecule has 0 aliphatic carbocycles. The van der Waals surface area contributed by atoms with Gasteiger partial charge in [-0.1, -0.05) is 18.2 Å². The summed E-state index contributed by atoms with van der Waals surface area (Å²) in [5.41, 5.74) is -0.0130. The van der Waals surface area contributed by atoms with Crippen molar-refractivity contribution in [2.45, 2.75) is 6.92 Å². The number of ether oxygens (including phenoxy) is 3. The van der Waals surface area contributed by atoms with Crippen molar-refractivity contribution < 1.29 is 23.8 Å². The Kier molecular flexibility index (Phi) is 5.17. The summed E-state index contributed by atoms with van der Waals surface area (Å²) in [6, 6.07) is 14.4. The van der Waals surface area contributed by atoms with Gasteiger partial charge < -0.3 is 19.5 Å². The van der Waals surface area contributed by atoms with Gasteiger partial charge in [-0.25, -0.2) is 4.79 Å². The highest BCUT2D eigenvalue weighted by Crippen LogP contribution is 2.32. The molecule has 2 heterocycles. The molecule has 9 heteroatoms. The molecule has 1 aliphatic rings. The molecule has 1 N–H and O–H groups in total. The normalized spacial score (nSPS) is 11.8. The molecule has 0 atom stereocenters. The van der Waals surface area contributed by atoms with Crippen molar-refractivity contribution in [1.82, 2.24) is 9.78 Å². The van der Waals surface area contributed by atoms with Crippen LogP contribution in [0.3, 0.4) is 0 Å². The molecule has 1 aliphatic heterocycles. The first-order valence-electron chi connectivity index (χ1n) is 9.14. The molecule has 0 fully saturated rings. The molecular formula is C21H17N3O6. The first-order chi connectivity index (χ1) is 14.6. The highest BCUT2D eigenvalue weighted by molar-refractivity contribution is 6.07. The lowest BCUT2D eigenvalue weighted by Crippen LogP contribution is -2.27. The van der Waals surface area contributed by atoms with E-state index in [2.05, 4.69) is 10.4 Å². The maximum absolute atomic E-state index is 12.7. The van der Waals surface area contributed by atoms with Crippen LogP contribution in [0.15, 0.2) is 59.4 Å². The van der Waals surface area contributed by atoms with Crippen molar-refractivity contribution in [3.05, 3.63) is 76.2 Å². The Morgan fingerprint density at radius 1 is 1.10 bits per heavy atom. The molecule has 152 valence electrons. The zero-order chi connectivity index (χ0) is 21.1. The van der Waals surface area contributed by atoms with E-state index in [4.69, 9.17) is 14.2 Å². The zero-order valence-electron chi connectivity index (χ0n) is 16.0. The van der Waals surface area contributed by atoms with Gasteiger partial charge in [0.25, 0.3) is 11.5 Å². The highest BCUT2D eigenvalue weighted by atomic mass is 16.7. The summed E-state index contributed by atoms with van der Waals surface area (Å²) >= 11 is 0. The number of esters is 1. The number of anilines is 1. The van der Waals surface area contributed by atoms with Crippen molar-refractivity contribution in [3.8, 4) is 17.2 Å². The van der Waals surface area contributed by atoms with Gasteiger partial charge in [0.2, 0.25) is 6.79 Å². The molecule has 3 aromatic rings. The van der Waals surface area contributed by atoms with Crippen LogP contribution in [-0.2, 0) is 4.74 Å². The van der Waals surface area contributed by atoms with Crippen LogP contribution in [0.2, 0.25) is 0 Å². The van der Waals surface area contributed by atoms with Gasteiger partial charge in [0.1, 0.15) is 0 Å². The van der Waals surface area contributed by atoms with Gasteiger partial charge in [0, 0.05) is 11.6 Å². The number of fused-ring (bicyclic) bond motifs is 1. The molecule has 2 aromatic carbocycles. The first-order valence-corrected chi connectivity index (χ1v) is 9.14. The number of carbonyl (C=O) groups is 2. The SMILES string of the molecule is CCOC(=O)c1nn(-c2ccccc2)c(=O)cc1NC(=O)c1ccc2c(c1)OCO2. The Morgan fingerprint density at radius 3 is 2.63 bits per heavy atom. The van der Waals surface area contributed by atoms with Gasteiger partial charge in [-0.15, -0.1) is 0 Å². The minimum absolute atomic E-state index is 0.0479. The van der Waals surface area contributed by atoms with Crippen molar-refractivity contribution in [1.29, 1.82) is 0 Å². The summed E-state index contributed by atoms with van der Waals surface area (Å²) < 4.78 is 16.6. The lowest BCUT2D eigenvalue weighted by atomic mass is 10.2. The third kappa shape index (κ3) is 3.72. The maximum Gasteiger partial charge on any atom is 0.360 e. The van der Waals surface area contributed by atoms with Gasteiger partial charge in [0.15, 0.2) is 17.2 Å². The van der Waals surface area contributed by atoms with E-state index < -0.39 is 17.4 Å². The van der Waals surface area contributed by atoms with E-state index in [9.17, 15) is 14.4 Å². The molecule has 0 bridgehead atoms. The lowest BCUT2D eigenvalue weighted by Gasteiger charge is -2.12. The van der Waals surface area contributed by atoms with Gasteiger partial charge in [-0.2, -0.15) is 9.78 Å². The van der Waals surface area contributed by atoms with Gasteiger partial charge in [-0.3, -0.25) is 9.59 Å². The predicted molar refractivity (Wildman–Crippen MR) is 106 cm³/mol. The van der Waals surface area contributed by atoms with Gasteiger partial charge in [-0.05, 0) is 37.3 Å². The smallest absolute Gasteiger partial charge is 0.360 e. The Labute approximate surface area is 170 Å². The number of hydrogen-bond acceptors (Lipinski definition) is 7. The quantitative estimate of drug-likeness (QED) is 0.647. The van der Waals surface area contributed by atoms with Crippen molar-refractivity contribution in [2.24, 2.45) is 0 Å². The summed E-state index contributed by atoms with van der Waals surface area (Å²) in [4.78, 5) is 37.8. The van der Waals surface area contributed by atoms with Crippen LogP contribution in [-0.4, -0.2) is 35.1 Å². The Hall–Kier alpha value is -4.14. The van der Waals surface area contributed by atoms with E-state index in [1.165, 1.54) is 6.07 Å². The average Bonchev–Trinajstić information content (AvgIpc) is 3.22.